The SMILES string of the molecule is CCCCCBr.O=Cc1ccc(Br)cc1.[H-].[H-].[Mg+2]. The molecule has 0 fully saturated rings. The number of hydrogen-bond acceptors (Lipinski definition) is 1. The van der Waals surface area contributed by atoms with E-state index in [2.05, 4.69) is 38.8 Å². The summed E-state index contributed by atoms with van der Waals surface area (Å²) in [5.41, 5.74) is 0.707. The maximum absolute atomic E-state index is 10.1. The summed E-state index contributed by atoms with van der Waals surface area (Å²) in [5, 5.41) is 1.17. The smallest absolute Gasteiger partial charge is 1.00 e. The van der Waals surface area contributed by atoms with Gasteiger partial charge in [0.15, 0.2) is 0 Å². The fraction of sp³-hybridized carbons (Fsp3) is 0.417. The van der Waals surface area contributed by atoms with Gasteiger partial charge < -0.3 is 2.85 Å². The van der Waals surface area contributed by atoms with Crippen molar-refractivity contribution in [2.45, 2.75) is 26.2 Å². The molecule has 0 heterocycles. The van der Waals surface area contributed by atoms with Crippen molar-refractivity contribution in [3.63, 3.8) is 0 Å². The molecule has 0 aliphatic carbocycles. The predicted octanol–water partition coefficient (Wildman–Crippen LogP) is 4.68. The first kappa shape index (κ1) is 19.0. The molecule has 1 rings (SSSR count). The van der Waals surface area contributed by atoms with Gasteiger partial charge in [-0.05, 0) is 18.6 Å². The summed E-state index contributed by atoms with van der Waals surface area (Å²) in [4.78, 5) is 10.1. The number of halogens is 2. The van der Waals surface area contributed by atoms with Crippen LogP contribution in [0.4, 0.5) is 0 Å². The van der Waals surface area contributed by atoms with E-state index >= 15 is 0 Å². The normalized spacial score (nSPS) is 8.44. The molecule has 4 heteroatoms. The van der Waals surface area contributed by atoms with Crippen LogP contribution in [-0.4, -0.2) is 34.7 Å². The number of aldehydes is 1. The monoisotopic (exact) mass is 360 g/mol. The fourth-order valence-corrected chi connectivity index (χ4v) is 1.55. The Morgan fingerprint density at radius 1 is 1.25 bits per heavy atom. The largest absolute Gasteiger partial charge is 2.00 e. The number of rotatable bonds is 4. The van der Waals surface area contributed by atoms with Crippen LogP contribution in [0, 0.1) is 0 Å². The van der Waals surface area contributed by atoms with E-state index in [9.17, 15) is 4.79 Å². The van der Waals surface area contributed by atoms with Crippen molar-refractivity contribution >= 4 is 61.2 Å². The van der Waals surface area contributed by atoms with Crippen LogP contribution in [0.2, 0.25) is 0 Å². The Balaban J connectivity index is -0.0000000992. The molecule has 0 saturated carbocycles. The van der Waals surface area contributed by atoms with Crippen LogP contribution in [-0.2, 0) is 0 Å². The Labute approximate surface area is 134 Å². The topological polar surface area (TPSA) is 17.1 Å². The number of carbonyl (C=O) groups is 1. The van der Waals surface area contributed by atoms with E-state index in [1.807, 2.05) is 12.1 Å². The van der Waals surface area contributed by atoms with E-state index in [0.29, 0.717) is 5.56 Å². The minimum absolute atomic E-state index is 0. The first-order valence-electron chi connectivity index (χ1n) is 5.01. The van der Waals surface area contributed by atoms with Gasteiger partial charge in [-0.2, -0.15) is 0 Å². The molecule has 0 amide bonds. The zero-order chi connectivity index (χ0) is 11.5. The maximum Gasteiger partial charge on any atom is 2.00 e. The quantitative estimate of drug-likeness (QED) is 0.329. The summed E-state index contributed by atoms with van der Waals surface area (Å²) in [5.74, 6) is 0. The van der Waals surface area contributed by atoms with E-state index in [1.165, 1.54) is 24.6 Å². The van der Waals surface area contributed by atoms with Crippen molar-refractivity contribution in [3.05, 3.63) is 34.3 Å². The van der Waals surface area contributed by atoms with Crippen molar-refractivity contribution in [2.24, 2.45) is 0 Å². The molecule has 0 unspecified atom stereocenters. The Morgan fingerprint density at radius 2 is 1.81 bits per heavy atom. The fourth-order valence-electron chi connectivity index (χ4n) is 0.886. The average molecular weight is 362 g/mol. The van der Waals surface area contributed by atoms with Gasteiger partial charge in [0, 0.05) is 15.4 Å². The molecule has 0 aliphatic heterocycles. The summed E-state index contributed by atoms with van der Waals surface area (Å²) in [7, 11) is 0. The first-order valence-corrected chi connectivity index (χ1v) is 6.92. The van der Waals surface area contributed by atoms with E-state index in [4.69, 9.17) is 0 Å². The first-order chi connectivity index (χ1) is 7.24. The van der Waals surface area contributed by atoms with Crippen molar-refractivity contribution in [3.8, 4) is 0 Å². The van der Waals surface area contributed by atoms with Crippen LogP contribution >= 0.6 is 31.9 Å². The molecular weight excluding hydrogens is 344 g/mol. The average Bonchev–Trinajstić information content (AvgIpc) is 2.28. The van der Waals surface area contributed by atoms with Gasteiger partial charge in [0.2, 0.25) is 0 Å². The second kappa shape index (κ2) is 13.7. The van der Waals surface area contributed by atoms with E-state index in [-0.39, 0.29) is 25.9 Å². The Bertz CT molecular complexity index is 267. The van der Waals surface area contributed by atoms with Crippen LogP contribution in [0.15, 0.2) is 28.7 Å². The van der Waals surface area contributed by atoms with Gasteiger partial charge in [0.1, 0.15) is 6.29 Å². The zero-order valence-electron chi connectivity index (χ0n) is 11.6. The maximum atomic E-state index is 10.1. The minimum atomic E-state index is 0. The number of alkyl halides is 1. The van der Waals surface area contributed by atoms with Crippen molar-refractivity contribution in [1.29, 1.82) is 0 Å². The molecular formula is C12H18Br2MgO. The number of hydrogen-bond donors (Lipinski definition) is 0. The second-order valence-corrected chi connectivity index (χ2v) is 4.77. The number of unbranched alkanes of at least 4 members (excludes halogenated alkanes) is 2. The van der Waals surface area contributed by atoms with Crippen molar-refractivity contribution < 1.29 is 7.65 Å². The van der Waals surface area contributed by atoms with E-state index in [0.717, 1.165) is 10.8 Å². The Kier molecular flexibility index (Phi) is 16.2. The summed E-state index contributed by atoms with van der Waals surface area (Å²) in [6.45, 7) is 2.21. The summed E-state index contributed by atoms with van der Waals surface area (Å²) in [6, 6.07) is 7.20. The molecule has 0 aliphatic rings. The summed E-state index contributed by atoms with van der Waals surface area (Å²) < 4.78 is 0.994. The Morgan fingerprint density at radius 3 is 2.12 bits per heavy atom. The molecule has 0 saturated heterocycles. The van der Waals surface area contributed by atoms with Gasteiger partial charge in [-0.15, -0.1) is 0 Å². The van der Waals surface area contributed by atoms with Crippen molar-refractivity contribution in [1.82, 2.24) is 0 Å². The van der Waals surface area contributed by atoms with Gasteiger partial charge in [0.05, 0.1) is 0 Å². The van der Waals surface area contributed by atoms with E-state index in [1.54, 1.807) is 12.1 Å². The molecule has 0 aromatic heterocycles. The second-order valence-electron chi connectivity index (χ2n) is 3.07. The molecule has 0 N–H and O–H groups in total. The van der Waals surface area contributed by atoms with E-state index < -0.39 is 0 Å². The van der Waals surface area contributed by atoms with Crippen LogP contribution in [0.1, 0.15) is 39.4 Å². The van der Waals surface area contributed by atoms with Gasteiger partial charge in [-0.3, -0.25) is 4.79 Å². The molecule has 0 atom stereocenters. The third-order valence-electron chi connectivity index (χ3n) is 1.74. The summed E-state index contributed by atoms with van der Waals surface area (Å²) >= 11 is 6.61. The van der Waals surface area contributed by atoms with Gasteiger partial charge in [-0.25, -0.2) is 0 Å². The molecule has 0 radical (unpaired) electrons. The van der Waals surface area contributed by atoms with Gasteiger partial charge >= 0.3 is 23.1 Å². The van der Waals surface area contributed by atoms with Crippen LogP contribution in [0.5, 0.6) is 0 Å². The van der Waals surface area contributed by atoms with Crippen LogP contribution < -0.4 is 0 Å². The van der Waals surface area contributed by atoms with Crippen molar-refractivity contribution in [2.75, 3.05) is 5.33 Å². The zero-order valence-corrected chi connectivity index (χ0v) is 14.2. The third kappa shape index (κ3) is 11.1. The number of carbonyl (C=O) groups excluding carboxylic acids is 1. The molecule has 0 spiro atoms. The van der Waals surface area contributed by atoms with Crippen LogP contribution in [0.3, 0.4) is 0 Å². The standard InChI is InChI=1S/C7H5BrO.C5H11Br.Mg.2H/c8-7-3-1-6(5-9)2-4-7;1-2-3-4-5-6;;;/h1-5H;2-5H2,1H3;;;/q;;+2;2*-1. The van der Waals surface area contributed by atoms with Gasteiger partial charge in [-0.1, -0.05) is 63.8 Å². The Hall–Kier alpha value is 0.616. The molecule has 1 nitrogen and oxygen atoms in total. The minimum Gasteiger partial charge on any atom is -1.00 e. The summed E-state index contributed by atoms with van der Waals surface area (Å²) in [6.07, 6.45) is 4.85. The molecule has 0 bridgehead atoms. The predicted molar refractivity (Wildman–Crippen MR) is 80.8 cm³/mol. The van der Waals surface area contributed by atoms with Crippen LogP contribution in [0.25, 0.3) is 0 Å². The molecule has 1 aromatic carbocycles. The molecule has 16 heavy (non-hydrogen) atoms. The third-order valence-corrected chi connectivity index (χ3v) is 2.83. The van der Waals surface area contributed by atoms with Gasteiger partial charge in [0.25, 0.3) is 0 Å². The number of benzene rings is 1. The molecule has 1 aromatic rings. The molecule has 88 valence electrons.